The Kier molecular flexibility index (Phi) is 10.8. The molecule has 0 bridgehead atoms. The Labute approximate surface area is 253 Å². The Morgan fingerprint density at radius 2 is 1.74 bits per heavy atom. The summed E-state index contributed by atoms with van der Waals surface area (Å²) in [7, 11) is -1.51. The van der Waals surface area contributed by atoms with Gasteiger partial charge in [-0.1, -0.05) is 23.8 Å². The quantitative estimate of drug-likeness (QED) is 0.220. The zero-order valence-electron chi connectivity index (χ0n) is 25.2. The van der Waals surface area contributed by atoms with Crippen LogP contribution in [0.4, 0.5) is 0 Å². The number of epoxide rings is 1. The highest BCUT2D eigenvalue weighted by Gasteiger charge is 2.50. The average Bonchev–Trinajstić information content (AvgIpc) is 3.51. The highest BCUT2D eigenvalue weighted by molar-refractivity contribution is 7.91. The van der Waals surface area contributed by atoms with Gasteiger partial charge in [0.2, 0.25) is 11.8 Å². The summed E-state index contributed by atoms with van der Waals surface area (Å²) in [4.78, 5) is 54.8. The van der Waals surface area contributed by atoms with Gasteiger partial charge in [0.25, 0.3) is 0 Å². The second-order valence-corrected chi connectivity index (χ2v) is 14.3. The smallest absolute Gasteiger partial charge is 0.234 e. The van der Waals surface area contributed by atoms with Gasteiger partial charge in [-0.3, -0.25) is 24.1 Å². The number of Topliss-reactive ketones (excluding diaryl/α,β-unsaturated/α-hetero) is 2. The van der Waals surface area contributed by atoms with Gasteiger partial charge in [0, 0.05) is 25.4 Å². The van der Waals surface area contributed by atoms with E-state index in [-0.39, 0.29) is 61.5 Å². The topological polar surface area (TPSA) is 151 Å². The normalized spacial score (nSPS) is 23.4. The summed E-state index contributed by atoms with van der Waals surface area (Å²) in [5, 5.41) is 5.65. The Hall–Kier alpha value is -3.09. The van der Waals surface area contributed by atoms with Crippen molar-refractivity contribution in [2.24, 2.45) is 5.92 Å². The van der Waals surface area contributed by atoms with E-state index in [0.717, 1.165) is 30.4 Å². The van der Waals surface area contributed by atoms with Crippen molar-refractivity contribution in [3.05, 3.63) is 41.5 Å². The van der Waals surface area contributed by atoms with E-state index in [1.165, 1.54) is 0 Å². The number of rotatable bonds is 15. The zero-order chi connectivity index (χ0) is 31.2. The molecule has 4 rings (SSSR count). The van der Waals surface area contributed by atoms with Gasteiger partial charge in [0.05, 0.1) is 43.9 Å². The Bertz CT molecular complexity index is 1320. The van der Waals surface area contributed by atoms with Crippen LogP contribution in [0.15, 0.2) is 35.9 Å². The lowest BCUT2D eigenvalue weighted by Crippen LogP contribution is -2.50. The lowest BCUT2D eigenvalue weighted by atomic mass is 9.89. The third-order valence-corrected chi connectivity index (χ3v) is 10.1. The molecule has 0 aromatic heterocycles. The van der Waals surface area contributed by atoms with Crippen molar-refractivity contribution in [1.29, 1.82) is 0 Å². The molecule has 2 amide bonds. The molecule has 0 spiro atoms. The monoisotopic (exact) mass is 617 g/mol. The number of nitrogens with zero attached hydrogens (tertiary/aromatic N) is 1. The van der Waals surface area contributed by atoms with E-state index in [0.29, 0.717) is 18.8 Å². The maximum absolute atomic E-state index is 13.8. The van der Waals surface area contributed by atoms with Gasteiger partial charge >= 0.3 is 0 Å². The third-order valence-electron chi connectivity index (χ3n) is 8.46. The van der Waals surface area contributed by atoms with E-state index < -0.39 is 39.3 Å². The number of sulfone groups is 1. The molecule has 11 nitrogen and oxygen atoms in total. The van der Waals surface area contributed by atoms with E-state index >= 15 is 0 Å². The summed E-state index contributed by atoms with van der Waals surface area (Å²) >= 11 is 0. The number of amides is 2. The fourth-order valence-corrected chi connectivity index (χ4v) is 6.78. The van der Waals surface area contributed by atoms with E-state index in [1.807, 2.05) is 12.1 Å². The molecule has 2 fully saturated rings. The first-order valence-electron chi connectivity index (χ1n) is 14.9. The number of methoxy groups -OCH3 is 1. The molecule has 236 valence electrons. The highest BCUT2D eigenvalue weighted by atomic mass is 32.2. The van der Waals surface area contributed by atoms with Crippen molar-refractivity contribution in [2.45, 2.75) is 70.1 Å². The minimum Gasteiger partial charge on any atom is -0.497 e. The van der Waals surface area contributed by atoms with Crippen LogP contribution in [-0.4, -0.2) is 99.2 Å². The van der Waals surface area contributed by atoms with Gasteiger partial charge in [-0.25, -0.2) is 8.42 Å². The summed E-state index contributed by atoms with van der Waals surface area (Å²) in [5.41, 5.74) is 1.05. The fraction of sp³-hybridized carbons (Fsp3) is 0.613. The van der Waals surface area contributed by atoms with E-state index in [2.05, 4.69) is 16.7 Å². The van der Waals surface area contributed by atoms with Gasteiger partial charge in [0.1, 0.15) is 11.4 Å². The molecule has 1 aromatic carbocycles. The number of hydrogen-bond acceptors (Lipinski definition) is 9. The molecule has 3 aliphatic rings. The van der Waals surface area contributed by atoms with Gasteiger partial charge in [0.15, 0.2) is 21.4 Å². The number of carbonyl (C=O) groups excluding carboxylic acids is 4. The number of hydrogen-bond donors (Lipinski definition) is 2. The Balaban J connectivity index is 1.43. The van der Waals surface area contributed by atoms with E-state index in [4.69, 9.17) is 9.47 Å². The maximum Gasteiger partial charge on any atom is 0.234 e. The summed E-state index contributed by atoms with van der Waals surface area (Å²) in [6.45, 7) is 4.14. The number of ether oxygens (including phenoxy) is 2. The van der Waals surface area contributed by atoms with Crippen molar-refractivity contribution in [2.75, 3.05) is 44.9 Å². The minimum atomic E-state index is -3.07. The summed E-state index contributed by atoms with van der Waals surface area (Å²) < 4.78 is 34.0. The molecule has 0 radical (unpaired) electrons. The van der Waals surface area contributed by atoms with E-state index in [9.17, 15) is 27.6 Å². The first kappa shape index (κ1) is 32.8. The van der Waals surface area contributed by atoms with Crippen LogP contribution in [0.2, 0.25) is 0 Å². The van der Waals surface area contributed by atoms with Crippen molar-refractivity contribution < 1.29 is 37.1 Å². The molecule has 1 aromatic rings. The van der Waals surface area contributed by atoms with Crippen LogP contribution in [0.1, 0.15) is 51.5 Å². The van der Waals surface area contributed by atoms with Crippen molar-refractivity contribution in [3.63, 3.8) is 0 Å². The second kappa shape index (κ2) is 14.1. The molecule has 2 heterocycles. The SMILES string of the molecule is COc1ccc(C[C@H](CC(=O)[C@H](C)NC(=O)CN2CCS(=O)(=O)CC2)C(=O)N[C@@H](CC2=CCCC2)C(=O)[C@@]2(C)CO2)cc1. The van der Waals surface area contributed by atoms with Crippen LogP contribution in [0.3, 0.4) is 0 Å². The molecule has 0 unspecified atom stereocenters. The summed E-state index contributed by atoms with van der Waals surface area (Å²) in [5.74, 6) is -1.39. The van der Waals surface area contributed by atoms with Gasteiger partial charge in [-0.05, 0) is 63.6 Å². The lowest BCUT2D eigenvalue weighted by Gasteiger charge is -2.27. The number of allylic oxidation sites excluding steroid dienone is 1. The minimum absolute atomic E-state index is 0.00295. The fourth-order valence-electron chi connectivity index (χ4n) is 5.51. The van der Waals surface area contributed by atoms with Crippen LogP contribution in [0.25, 0.3) is 0 Å². The number of nitrogens with one attached hydrogen (secondary N) is 2. The molecule has 4 atom stereocenters. The third kappa shape index (κ3) is 9.45. The molecular formula is C31H43N3O8S. The molecule has 43 heavy (non-hydrogen) atoms. The van der Waals surface area contributed by atoms with Gasteiger partial charge in [-0.15, -0.1) is 0 Å². The Morgan fingerprint density at radius 3 is 2.33 bits per heavy atom. The van der Waals surface area contributed by atoms with Crippen molar-refractivity contribution in [3.8, 4) is 5.75 Å². The standard InChI is InChI=1S/C31H43N3O8S/c1-21(32-28(36)19-34-12-14-43(39,40)15-13-34)27(35)18-24(16-23-8-10-25(41-3)11-9-23)30(38)33-26(17-22-6-4-5-7-22)29(37)31(2)20-42-31/h6,8-11,21,24,26H,4-5,7,12-20H2,1-3H3,(H,32,36)(H,33,38)/t21-,24+,26-,31+/m0/s1. The number of carbonyl (C=O) groups is 4. The molecule has 2 N–H and O–H groups in total. The van der Waals surface area contributed by atoms with Crippen LogP contribution in [0, 0.1) is 5.92 Å². The maximum atomic E-state index is 13.8. The average molecular weight is 618 g/mol. The summed E-state index contributed by atoms with van der Waals surface area (Å²) in [6.07, 6.45) is 5.50. The van der Waals surface area contributed by atoms with Crippen LogP contribution in [0.5, 0.6) is 5.75 Å². The molecule has 1 aliphatic carbocycles. The van der Waals surface area contributed by atoms with Gasteiger partial charge < -0.3 is 20.1 Å². The molecule has 2 saturated heterocycles. The predicted molar refractivity (Wildman–Crippen MR) is 160 cm³/mol. The zero-order valence-corrected chi connectivity index (χ0v) is 26.0. The first-order valence-corrected chi connectivity index (χ1v) is 16.7. The van der Waals surface area contributed by atoms with Crippen molar-refractivity contribution >= 4 is 33.2 Å². The highest BCUT2D eigenvalue weighted by Crippen LogP contribution is 2.31. The molecular weight excluding hydrogens is 574 g/mol. The van der Waals surface area contributed by atoms with E-state index in [1.54, 1.807) is 38.0 Å². The number of ketones is 2. The largest absolute Gasteiger partial charge is 0.497 e. The van der Waals surface area contributed by atoms with Crippen LogP contribution in [-0.2, 0) is 40.2 Å². The summed E-state index contributed by atoms with van der Waals surface area (Å²) in [6, 6.07) is 5.61. The predicted octanol–water partition coefficient (Wildman–Crippen LogP) is 1.39. The van der Waals surface area contributed by atoms with Crippen LogP contribution >= 0.6 is 0 Å². The molecule has 0 saturated carbocycles. The molecule has 12 heteroatoms. The van der Waals surface area contributed by atoms with Crippen LogP contribution < -0.4 is 15.4 Å². The lowest BCUT2D eigenvalue weighted by molar-refractivity contribution is -0.134. The molecule has 2 aliphatic heterocycles. The number of benzene rings is 1. The van der Waals surface area contributed by atoms with Crippen molar-refractivity contribution in [1.82, 2.24) is 15.5 Å². The Morgan fingerprint density at radius 1 is 1.07 bits per heavy atom. The first-order chi connectivity index (χ1) is 20.4. The second-order valence-electron chi connectivity index (χ2n) is 12.0. The van der Waals surface area contributed by atoms with Gasteiger partial charge in [-0.2, -0.15) is 0 Å².